The fraction of sp³-hybridized carbons (Fsp3) is 0.312. The van der Waals surface area contributed by atoms with Crippen LogP contribution >= 0.6 is 0 Å². The molecule has 7 heteroatoms. The number of anilines is 1. The van der Waals surface area contributed by atoms with Crippen molar-refractivity contribution in [2.75, 3.05) is 37.8 Å². The maximum atomic E-state index is 12.4. The number of rotatable bonds is 2. The SMILES string of the molecule is CS(=O)(=O)N1CCN(C(=O)Nc2cccc3ccccc23)CC1. The Hall–Kier alpha value is -2.12. The smallest absolute Gasteiger partial charge is 0.321 e. The van der Waals surface area contributed by atoms with Gasteiger partial charge in [0.1, 0.15) is 0 Å². The summed E-state index contributed by atoms with van der Waals surface area (Å²) >= 11 is 0. The maximum absolute atomic E-state index is 12.4. The topological polar surface area (TPSA) is 69.7 Å². The third kappa shape index (κ3) is 3.46. The minimum atomic E-state index is -3.19. The Kier molecular flexibility index (Phi) is 4.23. The Balaban J connectivity index is 1.70. The molecule has 0 atom stereocenters. The van der Waals surface area contributed by atoms with Crippen LogP contribution in [0.2, 0.25) is 0 Å². The monoisotopic (exact) mass is 333 g/mol. The van der Waals surface area contributed by atoms with E-state index in [0.29, 0.717) is 26.2 Å². The minimum Gasteiger partial charge on any atom is -0.322 e. The molecule has 1 saturated heterocycles. The molecule has 0 bridgehead atoms. The average molecular weight is 333 g/mol. The number of benzene rings is 2. The molecule has 6 nitrogen and oxygen atoms in total. The molecule has 0 radical (unpaired) electrons. The molecule has 3 rings (SSSR count). The maximum Gasteiger partial charge on any atom is 0.321 e. The predicted octanol–water partition coefficient (Wildman–Crippen LogP) is 1.95. The first-order valence-corrected chi connectivity index (χ1v) is 9.29. The van der Waals surface area contributed by atoms with Crippen LogP contribution in [0.4, 0.5) is 10.5 Å². The highest BCUT2D eigenvalue weighted by Crippen LogP contribution is 2.23. The van der Waals surface area contributed by atoms with E-state index >= 15 is 0 Å². The highest BCUT2D eigenvalue weighted by atomic mass is 32.2. The van der Waals surface area contributed by atoms with Crippen molar-refractivity contribution in [3.8, 4) is 0 Å². The average Bonchev–Trinajstić information content (AvgIpc) is 2.54. The van der Waals surface area contributed by atoms with Crippen LogP contribution in [0.3, 0.4) is 0 Å². The summed E-state index contributed by atoms with van der Waals surface area (Å²) in [5, 5.41) is 4.97. The fourth-order valence-electron chi connectivity index (χ4n) is 2.75. The molecule has 0 aromatic heterocycles. The number of carbonyl (C=O) groups excluding carboxylic acids is 1. The molecule has 2 aromatic carbocycles. The molecule has 1 aliphatic heterocycles. The van der Waals surface area contributed by atoms with Crippen molar-refractivity contribution in [2.45, 2.75) is 0 Å². The third-order valence-electron chi connectivity index (χ3n) is 4.03. The van der Waals surface area contributed by atoms with Crippen molar-refractivity contribution in [3.63, 3.8) is 0 Å². The fourth-order valence-corrected chi connectivity index (χ4v) is 3.58. The van der Waals surface area contributed by atoms with Crippen LogP contribution in [-0.2, 0) is 10.0 Å². The van der Waals surface area contributed by atoms with E-state index in [0.717, 1.165) is 16.5 Å². The van der Waals surface area contributed by atoms with Crippen molar-refractivity contribution in [1.29, 1.82) is 0 Å². The van der Waals surface area contributed by atoms with Gasteiger partial charge in [-0.25, -0.2) is 13.2 Å². The molecule has 0 saturated carbocycles. The zero-order chi connectivity index (χ0) is 16.4. The van der Waals surface area contributed by atoms with Crippen molar-refractivity contribution >= 4 is 32.5 Å². The van der Waals surface area contributed by atoms with Crippen molar-refractivity contribution < 1.29 is 13.2 Å². The number of fused-ring (bicyclic) bond motifs is 1. The van der Waals surface area contributed by atoms with E-state index in [2.05, 4.69) is 5.32 Å². The van der Waals surface area contributed by atoms with E-state index in [9.17, 15) is 13.2 Å². The Morgan fingerprint density at radius 2 is 1.65 bits per heavy atom. The predicted molar refractivity (Wildman–Crippen MR) is 91.0 cm³/mol. The van der Waals surface area contributed by atoms with E-state index in [1.54, 1.807) is 4.90 Å². The van der Waals surface area contributed by atoms with Gasteiger partial charge in [-0.2, -0.15) is 4.31 Å². The first-order chi connectivity index (χ1) is 10.9. The molecule has 0 unspecified atom stereocenters. The second-order valence-electron chi connectivity index (χ2n) is 5.61. The van der Waals surface area contributed by atoms with Crippen LogP contribution in [0.1, 0.15) is 0 Å². The van der Waals surface area contributed by atoms with Crippen molar-refractivity contribution in [2.24, 2.45) is 0 Å². The molecule has 1 fully saturated rings. The van der Waals surface area contributed by atoms with Crippen molar-refractivity contribution in [1.82, 2.24) is 9.21 Å². The lowest BCUT2D eigenvalue weighted by molar-refractivity contribution is 0.184. The van der Waals surface area contributed by atoms with E-state index in [-0.39, 0.29) is 6.03 Å². The highest BCUT2D eigenvalue weighted by Gasteiger charge is 2.26. The summed E-state index contributed by atoms with van der Waals surface area (Å²) in [6.07, 6.45) is 1.19. The number of carbonyl (C=O) groups is 1. The second-order valence-corrected chi connectivity index (χ2v) is 7.59. The first kappa shape index (κ1) is 15.8. The van der Waals surface area contributed by atoms with Gasteiger partial charge >= 0.3 is 6.03 Å². The Bertz CT molecular complexity index is 822. The lowest BCUT2D eigenvalue weighted by Crippen LogP contribution is -2.51. The molecular formula is C16H19N3O3S. The lowest BCUT2D eigenvalue weighted by Gasteiger charge is -2.33. The summed E-state index contributed by atoms with van der Waals surface area (Å²) in [4.78, 5) is 14.1. The van der Waals surface area contributed by atoms with Gasteiger partial charge in [0.05, 0.1) is 11.9 Å². The summed E-state index contributed by atoms with van der Waals surface area (Å²) in [6.45, 7) is 1.46. The third-order valence-corrected chi connectivity index (χ3v) is 5.33. The molecule has 1 aliphatic rings. The Morgan fingerprint density at radius 1 is 1.00 bits per heavy atom. The number of nitrogens with zero attached hydrogens (tertiary/aromatic N) is 2. The van der Waals surface area contributed by atoms with Crippen LogP contribution in [0, 0.1) is 0 Å². The largest absolute Gasteiger partial charge is 0.322 e. The first-order valence-electron chi connectivity index (χ1n) is 7.44. The zero-order valence-corrected chi connectivity index (χ0v) is 13.7. The van der Waals surface area contributed by atoms with Gasteiger partial charge in [0.2, 0.25) is 10.0 Å². The quantitative estimate of drug-likeness (QED) is 0.913. The number of urea groups is 1. The molecule has 2 aromatic rings. The van der Waals surface area contributed by atoms with E-state index in [1.165, 1.54) is 10.6 Å². The molecule has 0 aliphatic carbocycles. The normalized spacial score (nSPS) is 16.5. The highest BCUT2D eigenvalue weighted by molar-refractivity contribution is 7.88. The number of hydrogen-bond acceptors (Lipinski definition) is 3. The van der Waals surface area contributed by atoms with Crippen LogP contribution < -0.4 is 5.32 Å². The summed E-state index contributed by atoms with van der Waals surface area (Å²) in [5.41, 5.74) is 0.763. The van der Waals surface area contributed by atoms with Crippen LogP contribution in [0.15, 0.2) is 42.5 Å². The van der Waals surface area contributed by atoms with Gasteiger partial charge in [-0.1, -0.05) is 36.4 Å². The van der Waals surface area contributed by atoms with Gasteiger partial charge < -0.3 is 10.2 Å². The van der Waals surface area contributed by atoms with Gasteiger partial charge in [0.15, 0.2) is 0 Å². The number of piperazine rings is 1. The zero-order valence-electron chi connectivity index (χ0n) is 12.9. The van der Waals surface area contributed by atoms with Gasteiger partial charge in [-0.05, 0) is 11.5 Å². The Labute approximate surface area is 135 Å². The number of hydrogen-bond donors (Lipinski definition) is 1. The minimum absolute atomic E-state index is 0.200. The van der Waals surface area contributed by atoms with Crippen LogP contribution in [0.5, 0.6) is 0 Å². The van der Waals surface area contributed by atoms with Gasteiger partial charge in [-0.15, -0.1) is 0 Å². The summed E-state index contributed by atoms with van der Waals surface area (Å²) in [5.74, 6) is 0. The summed E-state index contributed by atoms with van der Waals surface area (Å²) in [7, 11) is -3.19. The molecule has 1 heterocycles. The lowest BCUT2D eigenvalue weighted by atomic mass is 10.1. The molecular weight excluding hydrogens is 314 g/mol. The Morgan fingerprint density at radius 3 is 2.35 bits per heavy atom. The second kappa shape index (κ2) is 6.17. The molecule has 1 N–H and O–H groups in total. The number of nitrogens with one attached hydrogen (secondary N) is 1. The number of sulfonamides is 1. The summed E-state index contributed by atoms with van der Waals surface area (Å²) < 4.78 is 24.4. The van der Waals surface area contributed by atoms with Crippen LogP contribution in [-0.4, -0.2) is 56.1 Å². The van der Waals surface area contributed by atoms with Gasteiger partial charge in [-0.3, -0.25) is 0 Å². The molecule has 0 spiro atoms. The molecule has 2 amide bonds. The van der Waals surface area contributed by atoms with Crippen LogP contribution in [0.25, 0.3) is 10.8 Å². The van der Waals surface area contributed by atoms with Gasteiger partial charge in [0, 0.05) is 31.6 Å². The molecule has 23 heavy (non-hydrogen) atoms. The van der Waals surface area contributed by atoms with Gasteiger partial charge in [0.25, 0.3) is 0 Å². The number of amides is 2. The van der Waals surface area contributed by atoms with E-state index in [4.69, 9.17) is 0 Å². The van der Waals surface area contributed by atoms with E-state index in [1.807, 2.05) is 42.5 Å². The van der Waals surface area contributed by atoms with Crippen molar-refractivity contribution in [3.05, 3.63) is 42.5 Å². The standard InChI is InChI=1S/C16H19N3O3S/c1-23(21,22)19-11-9-18(10-12-19)16(20)17-15-8-4-6-13-5-2-3-7-14(13)15/h2-8H,9-12H2,1H3,(H,17,20). The summed E-state index contributed by atoms with van der Waals surface area (Å²) in [6, 6.07) is 13.4. The molecule has 122 valence electrons. The van der Waals surface area contributed by atoms with E-state index < -0.39 is 10.0 Å².